The van der Waals surface area contributed by atoms with Crippen LogP contribution in [0.15, 0.2) is 77.6 Å². The van der Waals surface area contributed by atoms with Crippen molar-refractivity contribution in [2.75, 3.05) is 11.9 Å². The number of hydrogen-bond acceptors (Lipinski definition) is 3. The molecule has 0 bridgehead atoms. The molecule has 0 aliphatic carbocycles. The highest BCUT2D eigenvalue weighted by Gasteiger charge is 2.15. The van der Waals surface area contributed by atoms with Crippen LogP contribution in [0.3, 0.4) is 0 Å². The summed E-state index contributed by atoms with van der Waals surface area (Å²) >= 11 is 0. The molecule has 0 saturated heterocycles. The monoisotopic (exact) mass is 399 g/mol. The molecule has 5 heteroatoms. The molecular weight excluding hydrogens is 377 g/mol. The minimum atomic E-state index is -0.304. The van der Waals surface area contributed by atoms with Crippen molar-refractivity contribution in [1.82, 2.24) is 4.98 Å². The topological polar surface area (TPSA) is 54.4 Å². The number of nitrogens with zero attached hydrogens (tertiary/aromatic N) is 2. The molecule has 0 saturated carbocycles. The second-order valence-corrected chi connectivity index (χ2v) is 7.25. The summed E-state index contributed by atoms with van der Waals surface area (Å²) in [4.78, 5) is 20.3. The van der Waals surface area contributed by atoms with Crippen LogP contribution in [0.25, 0.3) is 17.2 Å². The highest BCUT2D eigenvalue weighted by molar-refractivity contribution is 6.15. The third-order valence-corrected chi connectivity index (χ3v) is 4.94. The molecule has 0 radical (unpaired) electrons. The molecule has 150 valence electrons. The van der Waals surface area contributed by atoms with Crippen LogP contribution in [0.4, 0.5) is 10.1 Å². The van der Waals surface area contributed by atoms with E-state index in [-0.39, 0.29) is 11.7 Å². The lowest BCUT2D eigenvalue weighted by molar-refractivity contribution is -0.114. The van der Waals surface area contributed by atoms with Crippen LogP contribution in [-0.2, 0) is 4.79 Å². The van der Waals surface area contributed by atoms with Gasteiger partial charge in [0.15, 0.2) is 0 Å². The first-order valence-corrected chi connectivity index (χ1v) is 9.93. The van der Waals surface area contributed by atoms with Crippen LogP contribution in [0.5, 0.6) is 0 Å². The van der Waals surface area contributed by atoms with Crippen molar-refractivity contribution in [3.05, 3.63) is 89.5 Å². The van der Waals surface area contributed by atoms with Crippen LogP contribution in [-0.4, -0.2) is 23.1 Å². The number of aliphatic imine (C=N–C) groups is 1. The van der Waals surface area contributed by atoms with Gasteiger partial charge >= 0.3 is 0 Å². The Bertz CT molecular complexity index is 1140. The summed E-state index contributed by atoms with van der Waals surface area (Å²) in [6.07, 6.45) is 7.55. The van der Waals surface area contributed by atoms with E-state index in [2.05, 4.69) is 16.4 Å². The largest absolute Gasteiger partial charge is 0.326 e. The summed E-state index contributed by atoms with van der Waals surface area (Å²) in [7, 11) is 0. The quantitative estimate of drug-likeness (QED) is 0.629. The average Bonchev–Trinajstić information content (AvgIpc) is 2.76. The highest BCUT2D eigenvalue weighted by atomic mass is 19.1. The maximum absolute atomic E-state index is 14.6. The Morgan fingerprint density at radius 1 is 1.10 bits per heavy atom. The number of anilines is 1. The molecule has 1 N–H and O–H groups in total. The van der Waals surface area contributed by atoms with Gasteiger partial charge in [0.2, 0.25) is 5.91 Å². The summed E-state index contributed by atoms with van der Waals surface area (Å²) < 4.78 is 14.6. The number of rotatable bonds is 4. The second kappa shape index (κ2) is 8.82. The van der Waals surface area contributed by atoms with Gasteiger partial charge in [0, 0.05) is 42.7 Å². The zero-order chi connectivity index (χ0) is 20.9. The minimum absolute atomic E-state index is 0.161. The molecular formula is C25H22FN3O. The number of allylic oxidation sites excluding steroid dienone is 1. The van der Waals surface area contributed by atoms with E-state index in [1.54, 1.807) is 30.5 Å². The van der Waals surface area contributed by atoms with E-state index in [0.717, 1.165) is 41.8 Å². The molecule has 4 nitrogen and oxygen atoms in total. The van der Waals surface area contributed by atoms with E-state index in [9.17, 15) is 9.18 Å². The van der Waals surface area contributed by atoms with Gasteiger partial charge in [-0.3, -0.25) is 14.8 Å². The Labute approximate surface area is 175 Å². The molecule has 3 aromatic rings. The SMILES string of the molecule is CC(=O)Nc1cccc(-c2cc(C=C3CCCN=C3c3cccnc3)ccc2F)c1. The maximum atomic E-state index is 14.6. The molecule has 30 heavy (non-hydrogen) atoms. The molecule has 0 atom stereocenters. The molecule has 1 aromatic heterocycles. The van der Waals surface area contributed by atoms with Gasteiger partial charge in [-0.25, -0.2) is 4.39 Å². The smallest absolute Gasteiger partial charge is 0.221 e. The number of amides is 1. The van der Waals surface area contributed by atoms with Crippen molar-refractivity contribution in [2.45, 2.75) is 19.8 Å². The fourth-order valence-electron chi connectivity index (χ4n) is 3.62. The summed E-state index contributed by atoms with van der Waals surface area (Å²) in [5.74, 6) is -0.465. The molecule has 1 amide bonds. The van der Waals surface area contributed by atoms with Crippen molar-refractivity contribution >= 4 is 23.4 Å². The molecule has 2 aromatic carbocycles. The maximum Gasteiger partial charge on any atom is 0.221 e. The van der Waals surface area contributed by atoms with Crippen LogP contribution in [0.2, 0.25) is 0 Å². The van der Waals surface area contributed by atoms with Gasteiger partial charge in [0.25, 0.3) is 0 Å². The van der Waals surface area contributed by atoms with Crippen molar-refractivity contribution in [1.29, 1.82) is 0 Å². The number of aromatic nitrogens is 1. The number of carbonyl (C=O) groups is 1. The molecule has 0 unspecified atom stereocenters. The molecule has 0 fully saturated rings. The first-order chi connectivity index (χ1) is 14.6. The zero-order valence-electron chi connectivity index (χ0n) is 16.7. The van der Waals surface area contributed by atoms with Crippen LogP contribution in [0.1, 0.15) is 30.9 Å². The normalized spacial score (nSPS) is 15.0. The van der Waals surface area contributed by atoms with Crippen LogP contribution < -0.4 is 5.32 Å². The lowest BCUT2D eigenvalue weighted by atomic mass is 9.94. The van der Waals surface area contributed by atoms with Gasteiger partial charge in [-0.05, 0) is 72.0 Å². The zero-order valence-corrected chi connectivity index (χ0v) is 16.7. The standard InChI is InChI=1S/C25H22FN3O/c1-17(30)29-22-8-2-5-19(15-22)23-14-18(9-10-24(23)26)13-20-6-4-12-28-25(20)21-7-3-11-27-16-21/h2-3,5,7-11,13-16H,4,6,12H2,1H3,(H,29,30). The van der Waals surface area contributed by atoms with Gasteiger partial charge in [-0.2, -0.15) is 0 Å². The van der Waals surface area contributed by atoms with Crippen molar-refractivity contribution < 1.29 is 9.18 Å². The Morgan fingerprint density at radius 2 is 1.97 bits per heavy atom. The van der Waals surface area contributed by atoms with Crippen LogP contribution >= 0.6 is 0 Å². The second-order valence-electron chi connectivity index (χ2n) is 7.25. The summed E-state index contributed by atoms with van der Waals surface area (Å²) in [6, 6.07) is 16.2. The lowest BCUT2D eigenvalue weighted by Crippen LogP contribution is -2.11. The van der Waals surface area contributed by atoms with Gasteiger partial charge in [0.1, 0.15) is 5.82 Å². The predicted molar refractivity (Wildman–Crippen MR) is 119 cm³/mol. The number of nitrogens with one attached hydrogen (secondary N) is 1. The lowest BCUT2D eigenvalue weighted by Gasteiger charge is -2.16. The Morgan fingerprint density at radius 3 is 2.77 bits per heavy atom. The summed E-state index contributed by atoms with van der Waals surface area (Å²) in [5.41, 5.74) is 5.82. The summed E-state index contributed by atoms with van der Waals surface area (Å²) in [5, 5.41) is 2.74. The Balaban J connectivity index is 1.71. The van der Waals surface area contributed by atoms with Crippen molar-refractivity contribution in [3.8, 4) is 11.1 Å². The molecule has 1 aliphatic heterocycles. The Kier molecular flexibility index (Phi) is 5.80. The van der Waals surface area contributed by atoms with Gasteiger partial charge in [0.05, 0.1) is 5.71 Å². The van der Waals surface area contributed by atoms with E-state index in [1.807, 2.05) is 30.5 Å². The first kappa shape index (κ1) is 19.7. The fourth-order valence-corrected chi connectivity index (χ4v) is 3.62. The highest BCUT2D eigenvalue weighted by Crippen LogP contribution is 2.28. The van der Waals surface area contributed by atoms with E-state index in [0.29, 0.717) is 16.8 Å². The van der Waals surface area contributed by atoms with Crippen molar-refractivity contribution in [2.24, 2.45) is 4.99 Å². The molecule has 2 heterocycles. The van der Waals surface area contributed by atoms with E-state index in [4.69, 9.17) is 4.99 Å². The van der Waals surface area contributed by atoms with E-state index < -0.39 is 0 Å². The van der Waals surface area contributed by atoms with Crippen LogP contribution in [0, 0.1) is 5.82 Å². The third kappa shape index (κ3) is 4.51. The van der Waals surface area contributed by atoms with Gasteiger partial charge < -0.3 is 5.32 Å². The van der Waals surface area contributed by atoms with E-state index >= 15 is 0 Å². The number of carbonyl (C=O) groups excluding carboxylic acids is 1. The predicted octanol–water partition coefficient (Wildman–Crippen LogP) is 5.51. The number of benzene rings is 2. The summed E-state index contributed by atoms with van der Waals surface area (Å²) in [6.45, 7) is 2.25. The molecule has 1 aliphatic rings. The van der Waals surface area contributed by atoms with Crippen molar-refractivity contribution in [3.63, 3.8) is 0 Å². The Hall–Kier alpha value is -3.60. The number of halogens is 1. The van der Waals surface area contributed by atoms with Gasteiger partial charge in [-0.15, -0.1) is 0 Å². The fraction of sp³-hybridized carbons (Fsp3) is 0.160. The van der Waals surface area contributed by atoms with E-state index in [1.165, 1.54) is 13.0 Å². The third-order valence-electron chi connectivity index (χ3n) is 4.94. The first-order valence-electron chi connectivity index (χ1n) is 9.93. The number of hydrogen-bond donors (Lipinski definition) is 1. The van der Waals surface area contributed by atoms with Gasteiger partial charge in [-0.1, -0.05) is 18.2 Å². The minimum Gasteiger partial charge on any atom is -0.326 e. The number of pyridine rings is 1. The molecule has 0 spiro atoms. The average molecular weight is 399 g/mol. The molecule has 4 rings (SSSR count).